The number of anilines is 1. The standard InChI is InChI=1S/C23H31N3O3S/c1-2-25(21-10-5-3-6-11-21)17-9-16-24-23(27)20-12-14-22(15-13-20)30(28,29)26-18-7-4-8-19-26/h3,5-6,10-15H,2,4,7-9,16-19H2,1H3,(H,24,27). The topological polar surface area (TPSA) is 69.7 Å². The zero-order chi connectivity index (χ0) is 21.4. The Labute approximate surface area is 179 Å². The van der Waals surface area contributed by atoms with E-state index >= 15 is 0 Å². The summed E-state index contributed by atoms with van der Waals surface area (Å²) < 4.78 is 27.0. The summed E-state index contributed by atoms with van der Waals surface area (Å²) in [6.07, 6.45) is 3.71. The van der Waals surface area contributed by atoms with Crippen molar-refractivity contribution in [1.82, 2.24) is 9.62 Å². The summed E-state index contributed by atoms with van der Waals surface area (Å²) in [4.78, 5) is 14.9. The summed E-state index contributed by atoms with van der Waals surface area (Å²) in [6, 6.07) is 16.5. The van der Waals surface area contributed by atoms with Crippen molar-refractivity contribution >= 4 is 21.6 Å². The van der Waals surface area contributed by atoms with E-state index in [9.17, 15) is 13.2 Å². The first-order valence-electron chi connectivity index (χ1n) is 10.7. The molecule has 1 N–H and O–H groups in total. The van der Waals surface area contributed by atoms with Gasteiger partial charge in [0.1, 0.15) is 0 Å². The van der Waals surface area contributed by atoms with Crippen LogP contribution in [0.3, 0.4) is 0 Å². The Hall–Kier alpha value is -2.38. The van der Waals surface area contributed by atoms with Crippen LogP contribution in [0.15, 0.2) is 59.5 Å². The SMILES string of the molecule is CCN(CCCNC(=O)c1ccc(S(=O)(=O)N2CCCCC2)cc1)c1ccccc1. The van der Waals surface area contributed by atoms with Gasteiger partial charge in [-0.05, 0) is 62.6 Å². The number of sulfonamides is 1. The Morgan fingerprint density at radius 1 is 1.00 bits per heavy atom. The Morgan fingerprint density at radius 2 is 1.67 bits per heavy atom. The normalized spacial score (nSPS) is 15.0. The van der Waals surface area contributed by atoms with Gasteiger partial charge < -0.3 is 10.2 Å². The third-order valence-corrected chi connectivity index (χ3v) is 7.38. The van der Waals surface area contributed by atoms with Gasteiger partial charge in [0, 0.05) is 44.0 Å². The predicted octanol–water partition coefficient (Wildman–Crippen LogP) is 3.51. The molecule has 1 aliphatic heterocycles. The summed E-state index contributed by atoms with van der Waals surface area (Å²) in [7, 11) is -3.47. The van der Waals surface area contributed by atoms with Crippen LogP contribution in [-0.2, 0) is 10.0 Å². The number of nitrogens with one attached hydrogen (secondary N) is 1. The minimum atomic E-state index is -3.47. The second-order valence-electron chi connectivity index (χ2n) is 7.51. The van der Waals surface area contributed by atoms with Gasteiger partial charge in [-0.2, -0.15) is 4.31 Å². The van der Waals surface area contributed by atoms with Gasteiger partial charge in [0.25, 0.3) is 5.91 Å². The van der Waals surface area contributed by atoms with Crippen LogP contribution in [0.1, 0.15) is 43.0 Å². The molecule has 0 spiro atoms. The fourth-order valence-corrected chi connectivity index (χ4v) is 5.23. The molecule has 0 unspecified atom stereocenters. The zero-order valence-electron chi connectivity index (χ0n) is 17.6. The molecule has 2 aromatic carbocycles. The monoisotopic (exact) mass is 429 g/mol. The molecule has 1 fully saturated rings. The largest absolute Gasteiger partial charge is 0.372 e. The maximum absolute atomic E-state index is 12.7. The van der Waals surface area contributed by atoms with Gasteiger partial charge in [-0.15, -0.1) is 0 Å². The Kier molecular flexibility index (Phi) is 7.87. The number of benzene rings is 2. The van der Waals surface area contributed by atoms with E-state index in [1.54, 1.807) is 12.1 Å². The van der Waals surface area contributed by atoms with Gasteiger partial charge in [0.05, 0.1) is 4.90 Å². The van der Waals surface area contributed by atoms with E-state index in [1.807, 2.05) is 18.2 Å². The van der Waals surface area contributed by atoms with Crippen LogP contribution in [0.2, 0.25) is 0 Å². The van der Waals surface area contributed by atoms with Crippen molar-refractivity contribution in [3.63, 3.8) is 0 Å². The molecule has 1 heterocycles. The molecule has 1 aliphatic rings. The van der Waals surface area contributed by atoms with E-state index in [0.29, 0.717) is 25.2 Å². The van der Waals surface area contributed by atoms with Crippen LogP contribution in [0, 0.1) is 0 Å². The number of para-hydroxylation sites is 1. The smallest absolute Gasteiger partial charge is 0.251 e. The highest BCUT2D eigenvalue weighted by Gasteiger charge is 2.25. The molecule has 1 amide bonds. The minimum absolute atomic E-state index is 0.181. The van der Waals surface area contributed by atoms with Crippen LogP contribution >= 0.6 is 0 Å². The summed E-state index contributed by atoms with van der Waals surface area (Å²) in [6.45, 7) is 5.59. The van der Waals surface area contributed by atoms with Crippen molar-refractivity contribution in [2.45, 2.75) is 37.5 Å². The second kappa shape index (κ2) is 10.6. The number of carbonyl (C=O) groups excluding carboxylic acids is 1. The van der Waals surface area contributed by atoms with Crippen LogP contribution in [0.25, 0.3) is 0 Å². The Balaban J connectivity index is 1.50. The average molecular weight is 430 g/mol. The Morgan fingerprint density at radius 3 is 2.30 bits per heavy atom. The van der Waals surface area contributed by atoms with Gasteiger partial charge in [-0.3, -0.25) is 4.79 Å². The van der Waals surface area contributed by atoms with Gasteiger partial charge in [-0.25, -0.2) is 8.42 Å². The molecule has 0 aliphatic carbocycles. The quantitative estimate of drug-likeness (QED) is 0.620. The van der Waals surface area contributed by atoms with Crippen molar-refractivity contribution < 1.29 is 13.2 Å². The lowest BCUT2D eigenvalue weighted by Gasteiger charge is -2.25. The molecule has 0 atom stereocenters. The molecule has 0 bridgehead atoms. The first kappa shape index (κ1) is 22.3. The van der Waals surface area contributed by atoms with E-state index in [1.165, 1.54) is 22.1 Å². The molecule has 6 nitrogen and oxygen atoms in total. The highest BCUT2D eigenvalue weighted by Crippen LogP contribution is 2.21. The van der Waals surface area contributed by atoms with E-state index in [-0.39, 0.29) is 10.8 Å². The average Bonchev–Trinajstić information content (AvgIpc) is 2.80. The molecule has 0 radical (unpaired) electrons. The molecular formula is C23H31N3O3S. The summed E-state index contributed by atoms with van der Waals surface area (Å²) in [5.74, 6) is -0.181. The van der Waals surface area contributed by atoms with Gasteiger partial charge in [0.2, 0.25) is 10.0 Å². The van der Waals surface area contributed by atoms with Gasteiger partial charge in [0.15, 0.2) is 0 Å². The summed E-state index contributed by atoms with van der Waals surface area (Å²) in [5, 5.41) is 2.93. The maximum Gasteiger partial charge on any atom is 0.251 e. The van der Waals surface area contributed by atoms with Crippen molar-refractivity contribution in [2.75, 3.05) is 37.6 Å². The maximum atomic E-state index is 12.7. The number of hydrogen-bond donors (Lipinski definition) is 1. The lowest BCUT2D eigenvalue weighted by atomic mass is 10.2. The lowest BCUT2D eigenvalue weighted by Crippen LogP contribution is -2.35. The van der Waals surface area contributed by atoms with Crippen molar-refractivity contribution in [3.05, 3.63) is 60.2 Å². The van der Waals surface area contributed by atoms with Crippen LogP contribution < -0.4 is 10.2 Å². The van der Waals surface area contributed by atoms with Crippen molar-refractivity contribution in [3.8, 4) is 0 Å². The van der Waals surface area contributed by atoms with Gasteiger partial charge >= 0.3 is 0 Å². The van der Waals surface area contributed by atoms with Crippen LogP contribution in [0.4, 0.5) is 5.69 Å². The molecular weight excluding hydrogens is 398 g/mol. The van der Waals surface area contributed by atoms with E-state index < -0.39 is 10.0 Å². The Bertz CT molecular complexity index is 908. The first-order chi connectivity index (χ1) is 14.5. The number of hydrogen-bond acceptors (Lipinski definition) is 4. The minimum Gasteiger partial charge on any atom is -0.372 e. The fourth-order valence-electron chi connectivity index (χ4n) is 3.72. The number of piperidine rings is 1. The number of amides is 1. The summed E-state index contributed by atoms with van der Waals surface area (Å²) >= 11 is 0. The highest BCUT2D eigenvalue weighted by molar-refractivity contribution is 7.89. The first-order valence-corrected chi connectivity index (χ1v) is 12.1. The molecule has 1 saturated heterocycles. The van der Waals surface area contributed by atoms with Crippen LogP contribution in [-0.4, -0.2) is 51.4 Å². The number of rotatable bonds is 9. The molecule has 0 saturated carbocycles. The van der Waals surface area contributed by atoms with Crippen LogP contribution in [0.5, 0.6) is 0 Å². The molecule has 0 aromatic heterocycles. The second-order valence-corrected chi connectivity index (χ2v) is 9.45. The lowest BCUT2D eigenvalue weighted by molar-refractivity contribution is 0.0953. The zero-order valence-corrected chi connectivity index (χ0v) is 18.4. The fraction of sp³-hybridized carbons (Fsp3) is 0.435. The molecule has 30 heavy (non-hydrogen) atoms. The molecule has 7 heteroatoms. The van der Waals surface area contributed by atoms with E-state index in [4.69, 9.17) is 0 Å². The summed E-state index contributed by atoms with van der Waals surface area (Å²) in [5.41, 5.74) is 1.65. The highest BCUT2D eigenvalue weighted by atomic mass is 32.2. The molecule has 162 valence electrons. The third-order valence-electron chi connectivity index (χ3n) is 5.46. The van der Waals surface area contributed by atoms with E-state index in [0.717, 1.165) is 38.8 Å². The number of carbonyl (C=O) groups is 1. The third kappa shape index (κ3) is 5.61. The molecule has 3 rings (SSSR count). The van der Waals surface area contributed by atoms with E-state index in [2.05, 4.69) is 29.3 Å². The predicted molar refractivity (Wildman–Crippen MR) is 120 cm³/mol. The van der Waals surface area contributed by atoms with Crippen molar-refractivity contribution in [2.24, 2.45) is 0 Å². The van der Waals surface area contributed by atoms with Gasteiger partial charge in [-0.1, -0.05) is 24.6 Å². The van der Waals surface area contributed by atoms with Crippen molar-refractivity contribution in [1.29, 1.82) is 0 Å². The number of nitrogens with zero attached hydrogens (tertiary/aromatic N) is 2. The molecule has 2 aromatic rings.